The number of amides is 1. The molecule has 9 heteroatoms. The van der Waals surface area contributed by atoms with E-state index in [0.717, 1.165) is 12.1 Å². The number of hydrogen-bond donors (Lipinski definition) is 1. The number of rotatable bonds is 8. The zero-order valence-corrected chi connectivity index (χ0v) is 20.3. The second-order valence-electron chi connectivity index (χ2n) is 8.39. The predicted molar refractivity (Wildman–Crippen MR) is 132 cm³/mol. The van der Waals surface area contributed by atoms with Crippen LogP contribution >= 0.6 is 0 Å². The highest BCUT2D eigenvalue weighted by molar-refractivity contribution is 6.46. The van der Waals surface area contributed by atoms with Crippen molar-refractivity contribution in [2.45, 2.75) is 25.9 Å². The van der Waals surface area contributed by atoms with Crippen LogP contribution in [0.3, 0.4) is 0 Å². The van der Waals surface area contributed by atoms with Gasteiger partial charge in [-0.05, 0) is 53.9 Å². The highest BCUT2D eigenvalue weighted by Crippen LogP contribution is 2.41. The van der Waals surface area contributed by atoms with Gasteiger partial charge in [-0.25, -0.2) is 9.18 Å². The van der Waals surface area contributed by atoms with Crippen LogP contribution in [-0.2, 0) is 20.9 Å². The van der Waals surface area contributed by atoms with Gasteiger partial charge < -0.3 is 19.5 Å². The molecule has 1 amide bonds. The molecule has 0 bridgehead atoms. The minimum atomic E-state index is -0.990. The van der Waals surface area contributed by atoms with Crippen LogP contribution in [0, 0.1) is 5.82 Å². The number of esters is 1. The van der Waals surface area contributed by atoms with Gasteiger partial charge in [-0.2, -0.15) is 0 Å². The Bertz CT molecular complexity index is 1350. The molecule has 2 heterocycles. The molecule has 0 radical (unpaired) electrons. The standard InChI is InChI=1S/C28H25FN2O6/c1-3-13-37-28(35)18-8-6-17(7-9-18)16-31-24(19-5-4-12-30-15-19)23(26(33)27(31)34)25(32)21-14-20(29)10-11-22(21)36-2/h4-12,14-15,24,32H,3,13,16H2,1-2H3/b25-23+. The molecule has 0 saturated carbocycles. The maximum Gasteiger partial charge on any atom is 0.338 e. The summed E-state index contributed by atoms with van der Waals surface area (Å²) >= 11 is 0. The van der Waals surface area contributed by atoms with Crippen molar-refractivity contribution in [1.29, 1.82) is 0 Å². The van der Waals surface area contributed by atoms with Crippen LogP contribution in [0.2, 0.25) is 0 Å². The zero-order chi connectivity index (χ0) is 26.5. The number of benzene rings is 2. The summed E-state index contributed by atoms with van der Waals surface area (Å²) in [4.78, 5) is 43.9. The normalized spacial score (nSPS) is 16.6. The van der Waals surface area contributed by atoms with E-state index in [1.807, 2.05) is 6.92 Å². The minimum absolute atomic E-state index is 0.00544. The third kappa shape index (κ3) is 5.20. The van der Waals surface area contributed by atoms with E-state index in [1.54, 1.807) is 42.6 Å². The Hall–Kier alpha value is -4.53. The lowest BCUT2D eigenvalue weighted by Crippen LogP contribution is -2.29. The molecular formula is C28H25FN2O6. The van der Waals surface area contributed by atoms with Gasteiger partial charge in [-0.3, -0.25) is 14.6 Å². The van der Waals surface area contributed by atoms with Crippen molar-refractivity contribution in [2.24, 2.45) is 0 Å². The number of ketones is 1. The number of halogens is 1. The van der Waals surface area contributed by atoms with Crippen molar-refractivity contribution in [3.05, 3.63) is 101 Å². The average Bonchev–Trinajstić information content (AvgIpc) is 3.17. The summed E-state index contributed by atoms with van der Waals surface area (Å²) in [7, 11) is 1.35. The second-order valence-corrected chi connectivity index (χ2v) is 8.39. The molecule has 1 aromatic heterocycles. The molecule has 1 saturated heterocycles. The Morgan fingerprint density at radius 3 is 2.54 bits per heavy atom. The predicted octanol–water partition coefficient (Wildman–Crippen LogP) is 4.42. The molecule has 1 aliphatic rings. The fourth-order valence-corrected chi connectivity index (χ4v) is 4.16. The van der Waals surface area contributed by atoms with E-state index < -0.39 is 35.3 Å². The number of aliphatic hydroxyl groups excluding tert-OH is 1. The average molecular weight is 505 g/mol. The first-order chi connectivity index (χ1) is 17.8. The number of Topliss-reactive ketones (excluding diaryl/α,β-unsaturated/α-hetero) is 1. The van der Waals surface area contributed by atoms with E-state index in [1.165, 1.54) is 24.3 Å². The number of nitrogens with zero attached hydrogens (tertiary/aromatic N) is 2. The van der Waals surface area contributed by atoms with Crippen molar-refractivity contribution >= 4 is 23.4 Å². The molecular weight excluding hydrogens is 479 g/mol. The van der Waals surface area contributed by atoms with Gasteiger partial charge >= 0.3 is 5.97 Å². The molecule has 3 aromatic rings. The van der Waals surface area contributed by atoms with Gasteiger partial charge in [0.2, 0.25) is 0 Å². The topological polar surface area (TPSA) is 106 Å². The first kappa shape index (κ1) is 25.6. The quantitative estimate of drug-likeness (QED) is 0.210. The summed E-state index contributed by atoms with van der Waals surface area (Å²) in [5, 5.41) is 11.2. The Kier molecular flexibility index (Phi) is 7.62. The van der Waals surface area contributed by atoms with E-state index in [2.05, 4.69) is 4.98 Å². The Balaban J connectivity index is 1.75. The van der Waals surface area contributed by atoms with Gasteiger partial charge in [-0.15, -0.1) is 0 Å². The fraction of sp³-hybridized carbons (Fsp3) is 0.214. The molecule has 0 aliphatic carbocycles. The first-order valence-corrected chi connectivity index (χ1v) is 11.6. The SMILES string of the molecule is CCCOC(=O)c1ccc(CN2C(=O)C(=O)/C(=C(/O)c3cc(F)ccc3OC)C2c2cccnc2)cc1. The van der Waals surface area contributed by atoms with Crippen LogP contribution < -0.4 is 4.74 Å². The number of carbonyl (C=O) groups is 3. The van der Waals surface area contributed by atoms with E-state index in [4.69, 9.17) is 9.47 Å². The molecule has 1 atom stereocenters. The van der Waals surface area contributed by atoms with Gasteiger partial charge in [0.05, 0.1) is 36.5 Å². The highest BCUT2D eigenvalue weighted by atomic mass is 19.1. The molecule has 37 heavy (non-hydrogen) atoms. The summed E-state index contributed by atoms with van der Waals surface area (Å²) in [6.45, 7) is 2.21. The van der Waals surface area contributed by atoms with Crippen molar-refractivity contribution < 1.29 is 33.4 Å². The summed E-state index contributed by atoms with van der Waals surface area (Å²) < 4.78 is 24.4. The molecule has 1 fully saturated rings. The second kappa shape index (κ2) is 11.0. The molecule has 0 spiro atoms. The van der Waals surface area contributed by atoms with Gasteiger partial charge in [0.1, 0.15) is 17.3 Å². The number of carbonyl (C=O) groups excluding carboxylic acids is 3. The summed E-state index contributed by atoms with van der Waals surface area (Å²) in [6.07, 6.45) is 3.74. The molecule has 2 aromatic carbocycles. The number of ether oxygens (including phenoxy) is 2. The molecule has 190 valence electrons. The summed E-state index contributed by atoms with van der Waals surface area (Å²) in [5.41, 5.74) is 1.23. The van der Waals surface area contributed by atoms with E-state index in [0.29, 0.717) is 29.7 Å². The van der Waals surface area contributed by atoms with E-state index in [9.17, 15) is 23.9 Å². The molecule has 4 rings (SSSR count). The van der Waals surface area contributed by atoms with Crippen LogP contribution in [0.5, 0.6) is 5.75 Å². The lowest BCUT2D eigenvalue weighted by Gasteiger charge is -2.25. The van der Waals surface area contributed by atoms with Crippen LogP contribution in [0.1, 0.15) is 46.4 Å². The van der Waals surface area contributed by atoms with E-state index in [-0.39, 0.29) is 23.4 Å². The lowest BCUT2D eigenvalue weighted by molar-refractivity contribution is -0.140. The van der Waals surface area contributed by atoms with Crippen molar-refractivity contribution in [3.8, 4) is 5.75 Å². The highest BCUT2D eigenvalue weighted by Gasteiger charge is 2.46. The van der Waals surface area contributed by atoms with Gasteiger partial charge in [-0.1, -0.05) is 25.1 Å². The number of likely N-dealkylation sites (tertiary alicyclic amines) is 1. The van der Waals surface area contributed by atoms with Crippen LogP contribution in [-0.4, -0.2) is 46.4 Å². The maximum atomic E-state index is 14.1. The number of hydrogen-bond acceptors (Lipinski definition) is 7. The molecule has 1 unspecified atom stereocenters. The number of aliphatic hydroxyl groups is 1. The molecule has 1 aliphatic heterocycles. The Morgan fingerprint density at radius 1 is 1.14 bits per heavy atom. The maximum absolute atomic E-state index is 14.1. The van der Waals surface area contributed by atoms with Gasteiger partial charge in [0.15, 0.2) is 0 Å². The molecule has 8 nitrogen and oxygen atoms in total. The third-order valence-electron chi connectivity index (χ3n) is 5.94. The Labute approximate surface area is 213 Å². The number of methoxy groups -OCH3 is 1. The van der Waals surface area contributed by atoms with Gasteiger partial charge in [0.25, 0.3) is 11.7 Å². The minimum Gasteiger partial charge on any atom is -0.507 e. The monoisotopic (exact) mass is 504 g/mol. The number of pyridine rings is 1. The summed E-state index contributed by atoms with van der Waals surface area (Å²) in [6, 6.07) is 12.4. The zero-order valence-electron chi connectivity index (χ0n) is 20.3. The largest absolute Gasteiger partial charge is 0.507 e. The third-order valence-corrected chi connectivity index (χ3v) is 5.94. The first-order valence-electron chi connectivity index (χ1n) is 11.6. The van der Waals surface area contributed by atoms with Crippen molar-refractivity contribution in [3.63, 3.8) is 0 Å². The molecule has 1 N–H and O–H groups in total. The van der Waals surface area contributed by atoms with Crippen LogP contribution in [0.25, 0.3) is 5.76 Å². The van der Waals surface area contributed by atoms with Crippen molar-refractivity contribution in [2.75, 3.05) is 13.7 Å². The van der Waals surface area contributed by atoms with Crippen LogP contribution in [0.15, 0.2) is 72.6 Å². The van der Waals surface area contributed by atoms with Gasteiger partial charge in [0, 0.05) is 18.9 Å². The van der Waals surface area contributed by atoms with Crippen LogP contribution in [0.4, 0.5) is 4.39 Å². The fourth-order valence-electron chi connectivity index (χ4n) is 4.16. The van der Waals surface area contributed by atoms with Crippen molar-refractivity contribution in [1.82, 2.24) is 9.88 Å². The Morgan fingerprint density at radius 2 is 1.89 bits per heavy atom. The lowest BCUT2D eigenvalue weighted by atomic mass is 9.95. The summed E-state index contributed by atoms with van der Waals surface area (Å²) in [5.74, 6) is -3.27. The smallest absolute Gasteiger partial charge is 0.338 e. The van der Waals surface area contributed by atoms with E-state index >= 15 is 0 Å². The number of aromatic nitrogens is 1.